The molecular weight excluding hydrogens is 308 g/mol. The predicted octanol–water partition coefficient (Wildman–Crippen LogP) is 5.54. The molecule has 5 rings (SSSR count). The van der Waals surface area contributed by atoms with Crippen LogP contribution < -0.4 is 4.74 Å². The molecule has 0 unspecified atom stereocenters. The van der Waals surface area contributed by atoms with Gasteiger partial charge in [0.25, 0.3) is 0 Å². The van der Waals surface area contributed by atoms with E-state index in [2.05, 4.69) is 59.6 Å². The molecule has 120 valence electrons. The van der Waals surface area contributed by atoms with E-state index < -0.39 is 0 Å². The van der Waals surface area contributed by atoms with Gasteiger partial charge in [0.2, 0.25) is 0 Å². The van der Waals surface area contributed by atoms with Crippen molar-refractivity contribution in [3.8, 4) is 17.0 Å². The molecule has 0 aliphatic carbocycles. The van der Waals surface area contributed by atoms with Gasteiger partial charge in [0.05, 0.1) is 23.8 Å². The SMILES string of the molecule is COc1ccc(-c2nc3ccccc3c3[nH]c4ccccc4c23)cc1. The van der Waals surface area contributed by atoms with Gasteiger partial charge < -0.3 is 9.72 Å². The minimum absolute atomic E-state index is 0.847. The zero-order chi connectivity index (χ0) is 16.8. The minimum Gasteiger partial charge on any atom is -0.497 e. The first kappa shape index (κ1) is 14.1. The number of para-hydroxylation sites is 2. The van der Waals surface area contributed by atoms with Crippen molar-refractivity contribution in [2.75, 3.05) is 7.11 Å². The van der Waals surface area contributed by atoms with Crippen LogP contribution >= 0.6 is 0 Å². The van der Waals surface area contributed by atoms with Gasteiger partial charge in [-0.05, 0) is 36.4 Å². The second-order valence-corrected chi connectivity index (χ2v) is 6.13. The lowest BCUT2D eigenvalue weighted by atomic mass is 10.0. The summed E-state index contributed by atoms with van der Waals surface area (Å²) in [5, 5.41) is 3.51. The molecule has 0 fully saturated rings. The number of hydrogen-bond donors (Lipinski definition) is 1. The van der Waals surface area contributed by atoms with Gasteiger partial charge in [0.1, 0.15) is 5.75 Å². The van der Waals surface area contributed by atoms with Gasteiger partial charge >= 0.3 is 0 Å². The topological polar surface area (TPSA) is 37.9 Å². The number of nitrogens with one attached hydrogen (secondary N) is 1. The van der Waals surface area contributed by atoms with Crippen molar-refractivity contribution in [1.82, 2.24) is 9.97 Å². The Morgan fingerprint density at radius 3 is 2.32 bits per heavy atom. The van der Waals surface area contributed by atoms with Gasteiger partial charge in [-0.15, -0.1) is 0 Å². The molecule has 5 aromatic rings. The molecule has 1 N–H and O–H groups in total. The maximum Gasteiger partial charge on any atom is 0.118 e. The Labute approximate surface area is 144 Å². The minimum atomic E-state index is 0.847. The summed E-state index contributed by atoms with van der Waals surface area (Å²) in [6, 6.07) is 24.8. The monoisotopic (exact) mass is 324 g/mol. The van der Waals surface area contributed by atoms with Gasteiger partial charge in [0, 0.05) is 27.2 Å². The fourth-order valence-electron chi connectivity index (χ4n) is 3.51. The molecule has 0 atom stereocenters. The molecule has 0 spiro atoms. The number of pyridine rings is 1. The second kappa shape index (κ2) is 5.35. The van der Waals surface area contributed by atoms with Gasteiger partial charge in [-0.2, -0.15) is 0 Å². The first-order valence-electron chi connectivity index (χ1n) is 8.29. The molecule has 0 saturated carbocycles. The molecule has 0 amide bonds. The van der Waals surface area contributed by atoms with Crippen LogP contribution in [-0.4, -0.2) is 17.1 Å². The summed E-state index contributed by atoms with van der Waals surface area (Å²) in [6.45, 7) is 0. The van der Waals surface area contributed by atoms with Crippen LogP contribution in [0.5, 0.6) is 5.75 Å². The molecule has 2 heterocycles. The molecule has 0 radical (unpaired) electrons. The first-order valence-corrected chi connectivity index (χ1v) is 8.29. The fraction of sp³-hybridized carbons (Fsp3) is 0.0455. The van der Waals surface area contributed by atoms with Crippen molar-refractivity contribution in [1.29, 1.82) is 0 Å². The highest BCUT2D eigenvalue weighted by molar-refractivity contribution is 6.20. The van der Waals surface area contributed by atoms with Crippen molar-refractivity contribution < 1.29 is 4.74 Å². The Morgan fingerprint density at radius 2 is 1.52 bits per heavy atom. The molecule has 0 aliphatic heterocycles. The van der Waals surface area contributed by atoms with E-state index in [-0.39, 0.29) is 0 Å². The van der Waals surface area contributed by atoms with Crippen LogP contribution in [0.2, 0.25) is 0 Å². The molecule has 25 heavy (non-hydrogen) atoms. The van der Waals surface area contributed by atoms with Crippen LogP contribution in [0.4, 0.5) is 0 Å². The number of rotatable bonds is 2. The van der Waals surface area contributed by atoms with Crippen molar-refractivity contribution in [3.05, 3.63) is 72.8 Å². The lowest BCUT2D eigenvalue weighted by Gasteiger charge is -2.08. The Morgan fingerprint density at radius 1 is 0.800 bits per heavy atom. The number of aromatic nitrogens is 2. The number of benzene rings is 3. The molecule has 3 nitrogen and oxygen atoms in total. The van der Waals surface area contributed by atoms with Crippen molar-refractivity contribution >= 4 is 32.7 Å². The third-order valence-electron chi connectivity index (χ3n) is 4.71. The summed E-state index contributed by atoms with van der Waals surface area (Å²) < 4.78 is 5.29. The molecular formula is C22H16N2O. The summed E-state index contributed by atoms with van der Waals surface area (Å²) in [5.74, 6) is 0.847. The average Bonchev–Trinajstić information content (AvgIpc) is 3.07. The van der Waals surface area contributed by atoms with Crippen LogP contribution in [0.25, 0.3) is 44.0 Å². The molecule has 0 bridgehead atoms. The number of fused-ring (bicyclic) bond motifs is 5. The Hall–Kier alpha value is -3.33. The zero-order valence-electron chi connectivity index (χ0n) is 13.8. The zero-order valence-corrected chi connectivity index (χ0v) is 13.8. The predicted molar refractivity (Wildman–Crippen MR) is 103 cm³/mol. The second-order valence-electron chi connectivity index (χ2n) is 6.13. The fourth-order valence-corrected chi connectivity index (χ4v) is 3.51. The number of nitrogens with zero attached hydrogens (tertiary/aromatic N) is 1. The largest absolute Gasteiger partial charge is 0.497 e. The van der Waals surface area contributed by atoms with Crippen LogP contribution in [0.15, 0.2) is 72.8 Å². The van der Waals surface area contributed by atoms with Crippen LogP contribution in [0.3, 0.4) is 0 Å². The number of ether oxygens (including phenoxy) is 1. The highest BCUT2D eigenvalue weighted by atomic mass is 16.5. The van der Waals surface area contributed by atoms with Gasteiger partial charge in [-0.25, -0.2) is 4.98 Å². The van der Waals surface area contributed by atoms with E-state index in [9.17, 15) is 0 Å². The van der Waals surface area contributed by atoms with Crippen molar-refractivity contribution in [2.24, 2.45) is 0 Å². The van der Waals surface area contributed by atoms with E-state index in [1.807, 2.05) is 18.2 Å². The van der Waals surface area contributed by atoms with Crippen LogP contribution in [0, 0.1) is 0 Å². The van der Waals surface area contributed by atoms with Crippen LogP contribution in [-0.2, 0) is 0 Å². The van der Waals surface area contributed by atoms with E-state index in [1.54, 1.807) is 7.11 Å². The maximum atomic E-state index is 5.29. The Kier molecular flexibility index (Phi) is 3.01. The van der Waals surface area contributed by atoms with Gasteiger partial charge in [0.15, 0.2) is 0 Å². The summed E-state index contributed by atoms with van der Waals surface area (Å²) in [5.41, 5.74) is 5.34. The highest BCUT2D eigenvalue weighted by Crippen LogP contribution is 2.37. The number of aromatic amines is 1. The van der Waals surface area contributed by atoms with Crippen molar-refractivity contribution in [3.63, 3.8) is 0 Å². The van der Waals surface area contributed by atoms with E-state index in [1.165, 1.54) is 10.8 Å². The first-order chi connectivity index (χ1) is 12.3. The van der Waals surface area contributed by atoms with Crippen LogP contribution in [0.1, 0.15) is 0 Å². The molecule has 0 saturated heterocycles. The van der Waals surface area contributed by atoms with E-state index in [0.29, 0.717) is 0 Å². The summed E-state index contributed by atoms with van der Waals surface area (Å²) in [6.07, 6.45) is 0. The number of H-pyrrole nitrogens is 1. The summed E-state index contributed by atoms with van der Waals surface area (Å²) in [4.78, 5) is 8.58. The smallest absolute Gasteiger partial charge is 0.118 e. The van der Waals surface area contributed by atoms with Gasteiger partial charge in [-0.3, -0.25) is 0 Å². The number of hydrogen-bond acceptors (Lipinski definition) is 2. The third-order valence-corrected chi connectivity index (χ3v) is 4.71. The van der Waals surface area contributed by atoms with E-state index in [0.717, 1.165) is 38.9 Å². The van der Waals surface area contributed by atoms with E-state index in [4.69, 9.17) is 9.72 Å². The lowest BCUT2D eigenvalue weighted by Crippen LogP contribution is -1.89. The van der Waals surface area contributed by atoms with Gasteiger partial charge in [-0.1, -0.05) is 36.4 Å². The lowest BCUT2D eigenvalue weighted by molar-refractivity contribution is 0.415. The highest BCUT2D eigenvalue weighted by Gasteiger charge is 2.15. The normalized spacial score (nSPS) is 11.4. The molecule has 3 heteroatoms. The third kappa shape index (κ3) is 2.09. The quantitative estimate of drug-likeness (QED) is 0.462. The average molecular weight is 324 g/mol. The molecule has 0 aliphatic rings. The standard InChI is InChI=1S/C22H16N2O/c1-25-15-12-10-14(11-13-15)21-20-16-6-2-4-8-18(16)24-22(20)17-7-3-5-9-19(17)23-21/h2-13,24H,1H3. The Bertz CT molecular complexity index is 1220. The van der Waals surface area contributed by atoms with E-state index >= 15 is 0 Å². The number of methoxy groups -OCH3 is 1. The van der Waals surface area contributed by atoms with Crippen molar-refractivity contribution in [2.45, 2.75) is 0 Å². The summed E-state index contributed by atoms with van der Waals surface area (Å²) in [7, 11) is 1.68. The Balaban J connectivity index is 1.95. The maximum absolute atomic E-state index is 5.29. The molecule has 2 aromatic heterocycles. The summed E-state index contributed by atoms with van der Waals surface area (Å²) >= 11 is 0. The molecule has 3 aromatic carbocycles.